The zero-order chi connectivity index (χ0) is 12.3. The molecule has 1 fully saturated rings. The molecule has 1 aromatic rings. The third-order valence-electron chi connectivity index (χ3n) is 2.92. The lowest BCUT2D eigenvalue weighted by Gasteiger charge is -2.13. The Labute approximate surface area is 119 Å². The van der Waals surface area contributed by atoms with E-state index in [-0.39, 0.29) is 6.10 Å². The summed E-state index contributed by atoms with van der Waals surface area (Å²) in [5.41, 5.74) is 1.20. The number of alkyl halides is 1. The molecule has 0 N–H and O–H groups in total. The van der Waals surface area contributed by atoms with Crippen LogP contribution in [-0.2, 0) is 10.1 Å². The molecule has 94 valence electrons. The van der Waals surface area contributed by atoms with E-state index in [9.17, 15) is 0 Å². The lowest BCUT2D eigenvalue weighted by molar-refractivity contribution is 0.0264. The molecular weight excluding hydrogens is 348 g/mol. The molecule has 0 spiro atoms. The summed E-state index contributed by atoms with van der Waals surface area (Å²) >= 11 is 6.96. The first-order chi connectivity index (χ1) is 8.19. The predicted molar refractivity (Wildman–Crippen MR) is 75.8 cm³/mol. The average molecular weight is 364 g/mol. The van der Waals surface area contributed by atoms with Gasteiger partial charge in [-0.15, -0.1) is 0 Å². The van der Waals surface area contributed by atoms with Crippen molar-refractivity contribution in [1.82, 2.24) is 0 Å². The average Bonchev–Trinajstić information content (AvgIpc) is 2.74. The molecular formula is C13H16Br2O2. The molecule has 1 aliphatic rings. The Kier molecular flexibility index (Phi) is 4.88. The molecule has 0 aromatic heterocycles. The Morgan fingerprint density at radius 1 is 1.41 bits per heavy atom. The number of halogens is 2. The third kappa shape index (κ3) is 3.70. The molecule has 0 aliphatic carbocycles. The van der Waals surface area contributed by atoms with E-state index in [1.165, 1.54) is 5.56 Å². The minimum absolute atomic E-state index is 0.251. The summed E-state index contributed by atoms with van der Waals surface area (Å²) in [6.45, 7) is 2.76. The van der Waals surface area contributed by atoms with E-state index in [4.69, 9.17) is 9.47 Å². The van der Waals surface area contributed by atoms with Crippen LogP contribution in [-0.4, -0.2) is 18.8 Å². The van der Waals surface area contributed by atoms with E-state index < -0.39 is 0 Å². The van der Waals surface area contributed by atoms with Crippen LogP contribution in [0.4, 0.5) is 0 Å². The first-order valence-corrected chi connectivity index (χ1v) is 7.73. The molecule has 0 radical (unpaired) electrons. The lowest BCUT2D eigenvalue weighted by atomic mass is 10.2. The fourth-order valence-electron chi connectivity index (χ4n) is 1.94. The van der Waals surface area contributed by atoms with Crippen molar-refractivity contribution in [2.24, 2.45) is 0 Å². The second-order valence-corrected chi connectivity index (χ2v) is 5.76. The Morgan fingerprint density at radius 3 is 2.88 bits per heavy atom. The van der Waals surface area contributed by atoms with Gasteiger partial charge in [-0.3, -0.25) is 0 Å². The van der Waals surface area contributed by atoms with Crippen molar-refractivity contribution >= 4 is 31.9 Å². The molecule has 1 saturated heterocycles. The van der Waals surface area contributed by atoms with Crippen LogP contribution in [0.1, 0.15) is 25.3 Å². The van der Waals surface area contributed by atoms with Crippen LogP contribution in [0.15, 0.2) is 22.7 Å². The van der Waals surface area contributed by atoms with Crippen LogP contribution in [0.5, 0.6) is 5.75 Å². The smallest absolute Gasteiger partial charge is 0.119 e. The lowest BCUT2D eigenvalue weighted by Crippen LogP contribution is -2.17. The molecule has 17 heavy (non-hydrogen) atoms. The molecule has 0 amide bonds. The molecule has 4 heteroatoms. The first kappa shape index (κ1) is 13.4. The van der Waals surface area contributed by atoms with E-state index in [0.717, 1.165) is 28.4 Å². The Hall–Kier alpha value is -0.0600. The van der Waals surface area contributed by atoms with E-state index in [2.05, 4.69) is 44.8 Å². The molecule has 1 aliphatic heterocycles. The minimum atomic E-state index is 0.251. The monoisotopic (exact) mass is 362 g/mol. The van der Waals surface area contributed by atoms with Gasteiger partial charge >= 0.3 is 0 Å². The Balaban J connectivity index is 1.90. The van der Waals surface area contributed by atoms with E-state index >= 15 is 0 Å². The van der Waals surface area contributed by atoms with Gasteiger partial charge in [-0.2, -0.15) is 0 Å². The molecule has 1 heterocycles. The highest BCUT2D eigenvalue weighted by atomic mass is 79.9. The fourth-order valence-corrected chi connectivity index (χ4v) is 3.17. The summed E-state index contributed by atoms with van der Waals surface area (Å²) in [6.07, 6.45) is 2.87. The molecule has 2 atom stereocenters. The first-order valence-electron chi connectivity index (χ1n) is 5.81. The van der Waals surface area contributed by atoms with Crippen LogP contribution >= 0.6 is 31.9 Å². The summed E-state index contributed by atoms with van der Waals surface area (Å²) in [6, 6.07) is 6.05. The summed E-state index contributed by atoms with van der Waals surface area (Å²) in [7, 11) is 0. The van der Waals surface area contributed by atoms with Gasteiger partial charge in [-0.05, 0) is 43.5 Å². The predicted octanol–water partition coefficient (Wildman–Crippen LogP) is 4.29. The van der Waals surface area contributed by atoms with Crippen molar-refractivity contribution in [2.75, 3.05) is 6.61 Å². The number of benzene rings is 1. The largest absolute Gasteiger partial charge is 0.491 e. The van der Waals surface area contributed by atoms with Crippen LogP contribution < -0.4 is 4.74 Å². The summed E-state index contributed by atoms with van der Waals surface area (Å²) in [5, 5.41) is 0.821. The van der Waals surface area contributed by atoms with Crippen LogP contribution in [0.25, 0.3) is 0 Å². The van der Waals surface area contributed by atoms with Crippen LogP contribution in [0, 0.1) is 0 Å². The van der Waals surface area contributed by atoms with Crippen molar-refractivity contribution < 1.29 is 9.47 Å². The molecule has 2 nitrogen and oxygen atoms in total. The van der Waals surface area contributed by atoms with E-state index in [1.54, 1.807) is 0 Å². The van der Waals surface area contributed by atoms with Gasteiger partial charge in [0.15, 0.2) is 0 Å². The Morgan fingerprint density at radius 2 is 2.24 bits per heavy atom. The van der Waals surface area contributed by atoms with E-state index in [1.807, 2.05) is 12.1 Å². The zero-order valence-corrected chi connectivity index (χ0v) is 13.0. The van der Waals surface area contributed by atoms with Gasteiger partial charge in [0.2, 0.25) is 0 Å². The zero-order valence-electron chi connectivity index (χ0n) is 9.79. The minimum Gasteiger partial charge on any atom is -0.491 e. The number of hydrogen-bond acceptors (Lipinski definition) is 2. The quantitative estimate of drug-likeness (QED) is 0.743. The van der Waals surface area contributed by atoms with E-state index in [0.29, 0.717) is 12.7 Å². The second-order valence-electron chi connectivity index (χ2n) is 4.34. The van der Waals surface area contributed by atoms with Gasteiger partial charge in [0.05, 0.1) is 12.2 Å². The van der Waals surface area contributed by atoms with Crippen molar-refractivity contribution in [3.8, 4) is 5.75 Å². The standard InChI is InChI=1S/C13H16Br2O2/c1-9-2-3-12(17-9)8-16-11-4-5-13(15)10(6-11)7-14/h4-6,9,12H,2-3,7-8H2,1H3. The molecule has 0 bridgehead atoms. The highest BCUT2D eigenvalue weighted by molar-refractivity contribution is 9.10. The van der Waals surface area contributed by atoms with Crippen molar-refractivity contribution in [2.45, 2.75) is 37.3 Å². The maximum absolute atomic E-state index is 5.77. The van der Waals surface area contributed by atoms with Gasteiger partial charge in [0.1, 0.15) is 12.4 Å². The van der Waals surface area contributed by atoms with Crippen LogP contribution in [0.3, 0.4) is 0 Å². The number of hydrogen-bond donors (Lipinski definition) is 0. The molecule has 2 rings (SSSR count). The maximum atomic E-state index is 5.77. The Bertz CT molecular complexity index is 382. The third-order valence-corrected chi connectivity index (χ3v) is 4.29. The van der Waals surface area contributed by atoms with Crippen molar-refractivity contribution in [3.63, 3.8) is 0 Å². The van der Waals surface area contributed by atoms with Crippen molar-refractivity contribution in [3.05, 3.63) is 28.2 Å². The van der Waals surface area contributed by atoms with Gasteiger partial charge in [0, 0.05) is 9.80 Å². The summed E-state index contributed by atoms with van der Waals surface area (Å²) in [4.78, 5) is 0. The van der Waals surface area contributed by atoms with Gasteiger partial charge in [-0.25, -0.2) is 0 Å². The summed E-state index contributed by atoms with van der Waals surface area (Å²) in [5.74, 6) is 0.908. The maximum Gasteiger partial charge on any atom is 0.119 e. The second kappa shape index (κ2) is 6.21. The summed E-state index contributed by atoms with van der Waals surface area (Å²) < 4.78 is 12.6. The topological polar surface area (TPSA) is 18.5 Å². The van der Waals surface area contributed by atoms with Gasteiger partial charge in [0.25, 0.3) is 0 Å². The molecule has 2 unspecified atom stereocenters. The molecule has 0 saturated carbocycles. The van der Waals surface area contributed by atoms with Crippen LogP contribution in [0.2, 0.25) is 0 Å². The normalized spacial score (nSPS) is 23.9. The van der Waals surface area contributed by atoms with Gasteiger partial charge < -0.3 is 9.47 Å². The number of rotatable bonds is 4. The highest BCUT2D eigenvalue weighted by Gasteiger charge is 2.22. The van der Waals surface area contributed by atoms with Gasteiger partial charge in [-0.1, -0.05) is 31.9 Å². The van der Waals surface area contributed by atoms with Crippen molar-refractivity contribution in [1.29, 1.82) is 0 Å². The molecule has 1 aromatic carbocycles. The SMILES string of the molecule is CC1CCC(COc2ccc(Br)c(CBr)c2)O1. The number of ether oxygens (including phenoxy) is 2. The highest BCUT2D eigenvalue weighted by Crippen LogP contribution is 2.25. The fraction of sp³-hybridized carbons (Fsp3) is 0.538.